The van der Waals surface area contributed by atoms with Crippen LogP contribution in [-0.2, 0) is 30.8 Å². The number of nitrogens with zero attached hydrogens (tertiary/aromatic N) is 2. The Kier molecular flexibility index (Phi) is 8.21. The number of ether oxygens (including phenoxy) is 1. The van der Waals surface area contributed by atoms with Gasteiger partial charge in [0.25, 0.3) is 5.91 Å². The molecule has 4 rings (SSSR count). The van der Waals surface area contributed by atoms with E-state index in [1.807, 2.05) is 30.3 Å². The molecule has 1 atom stereocenters. The molecular weight excluding hydrogens is 560 g/mol. The van der Waals surface area contributed by atoms with Gasteiger partial charge in [-0.2, -0.15) is 4.31 Å². The van der Waals surface area contributed by atoms with Crippen molar-refractivity contribution in [2.45, 2.75) is 30.7 Å². The molecule has 1 aliphatic heterocycles. The van der Waals surface area contributed by atoms with Gasteiger partial charge in [0.2, 0.25) is 15.9 Å². The zero-order chi connectivity index (χ0) is 26.6. The Hall–Kier alpha value is -3.34. The third-order valence-electron chi connectivity index (χ3n) is 5.99. The Morgan fingerprint density at radius 2 is 1.65 bits per heavy atom. The topological polar surface area (TPSA) is 101 Å². The van der Waals surface area contributed by atoms with Gasteiger partial charge in [0.05, 0.1) is 29.2 Å². The number of hydrogen-bond acceptors (Lipinski definition) is 6. The number of esters is 1. The van der Waals surface area contributed by atoms with E-state index in [0.717, 1.165) is 14.8 Å². The number of benzene rings is 3. The fourth-order valence-corrected chi connectivity index (χ4v) is 5.99. The van der Waals surface area contributed by atoms with Gasteiger partial charge in [-0.25, -0.2) is 18.1 Å². The van der Waals surface area contributed by atoms with E-state index in [-0.39, 0.29) is 35.7 Å². The minimum Gasteiger partial charge on any atom is -0.462 e. The van der Waals surface area contributed by atoms with E-state index in [4.69, 9.17) is 4.74 Å². The Bertz CT molecular complexity index is 1390. The molecule has 1 heterocycles. The molecule has 0 aliphatic carbocycles. The molecular formula is C27H25BrN2O6S. The highest BCUT2D eigenvalue weighted by atomic mass is 79.9. The van der Waals surface area contributed by atoms with Crippen molar-refractivity contribution < 1.29 is 27.5 Å². The maximum atomic E-state index is 13.7. The highest BCUT2D eigenvalue weighted by Gasteiger charge is 2.46. The number of amides is 2. The third-order valence-corrected chi connectivity index (χ3v) is 8.44. The second-order valence-electron chi connectivity index (χ2n) is 8.36. The summed E-state index contributed by atoms with van der Waals surface area (Å²) in [5.41, 5.74) is 1.44. The smallest absolute Gasteiger partial charge is 0.338 e. The van der Waals surface area contributed by atoms with E-state index in [9.17, 15) is 22.8 Å². The predicted molar refractivity (Wildman–Crippen MR) is 141 cm³/mol. The molecule has 192 valence electrons. The van der Waals surface area contributed by atoms with Gasteiger partial charge in [0.15, 0.2) is 0 Å². The average molecular weight is 585 g/mol. The normalized spacial score (nSPS) is 15.9. The van der Waals surface area contributed by atoms with Crippen LogP contribution < -0.4 is 4.90 Å². The van der Waals surface area contributed by atoms with Crippen molar-refractivity contribution in [1.29, 1.82) is 0 Å². The minimum absolute atomic E-state index is 0.0156. The summed E-state index contributed by atoms with van der Waals surface area (Å²) in [6, 6.07) is 20.2. The molecule has 0 N–H and O–H groups in total. The van der Waals surface area contributed by atoms with E-state index in [1.165, 1.54) is 36.4 Å². The number of carbonyl (C=O) groups is 3. The van der Waals surface area contributed by atoms with Gasteiger partial charge in [-0.05, 0) is 67.4 Å². The fraction of sp³-hybridized carbons (Fsp3) is 0.222. The lowest BCUT2D eigenvalue weighted by atomic mass is 10.1. The first-order chi connectivity index (χ1) is 17.7. The number of hydrogen-bond donors (Lipinski definition) is 0. The van der Waals surface area contributed by atoms with Crippen molar-refractivity contribution in [2.24, 2.45) is 0 Å². The molecule has 37 heavy (non-hydrogen) atoms. The van der Waals surface area contributed by atoms with Gasteiger partial charge in [-0.1, -0.05) is 46.3 Å². The lowest BCUT2D eigenvalue weighted by molar-refractivity contribution is -0.122. The van der Waals surface area contributed by atoms with Crippen molar-refractivity contribution in [2.75, 3.05) is 18.1 Å². The number of sulfonamides is 1. The van der Waals surface area contributed by atoms with Crippen LogP contribution in [0.25, 0.3) is 0 Å². The van der Waals surface area contributed by atoms with Gasteiger partial charge in [0, 0.05) is 11.0 Å². The predicted octanol–water partition coefficient (Wildman–Crippen LogP) is 4.19. The molecule has 0 aromatic heterocycles. The Morgan fingerprint density at radius 1 is 1.00 bits per heavy atom. The van der Waals surface area contributed by atoms with Crippen molar-refractivity contribution >= 4 is 49.4 Å². The summed E-state index contributed by atoms with van der Waals surface area (Å²) in [4.78, 5) is 39.5. The molecule has 0 bridgehead atoms. The highest BCUT2D eigenvalue weighted by Crippen LogP contribution is 2.30. The van der Waals surface area contributed by atoms with Crippen molar-refractivity contribution in [3.05, 3.63) is 94.5 Å². The summed E-state index contributed by atoms with van der Waals surface area (Å²) in [5.74, 6) is -1.67. The van der Waals surface area contributed by atoms with Crippen LogP contribution in [-0.4, -0.2) is 49.7 Å². The second kappa shape index (κ2) is 11.4. The summed E-state index contributed by atoms with van der Waals surface area (Å²) in [7, 11) is -4.11. The van der Waals surface area contributed by atoms with Gasteiger partial charge < -0.3 is 4.74 Å². The molecule has 3 aromatic rings. The van der Waals surface area contributed by atoms with Gasteiger partial charge in [-0.3, -0.25) is 9.59 Å². The maximum absolute atomic E-state index is 13.7. The summed E-state index contributed by atoms with van der Waals surface area (Å²) in [5, 5.41) is 0. The first-order valence-corrected chi connectivity index (χ1v) is 13.9. The molecule has 0 radical (unpaired) electrons. The van der Waals surface area contributed by atoms with Crippen LogP contribution in [0.15, 0.2) is 88.2 Å². The summed E-state index contributed by atoms with van der Waals surface area (Å²) in [6.07, 6.45) is 0.0752. The zero-order valence-corrected chi connectivity index (χ0v) is 22.4. The lowest BCUT2D eigenvalue weighted by Crippen LogP contribution is -2.46. The summed E-state index contributed by atoms with van der Waals surface area (Å²) < 4.78 is 34.2. The standard InChI is InChI=1S/C27H25BrN2O6S/c1-2-36-27(33)20-8-12-22(13-9-20)30-25(31)18-24(26(30)32)29(17-16-19-6-4-3-5-7-19)37(34,35)23-14-10-21(28)11-15-23/h3-15,24H,2,16-18H2,1H3. The number of rotatable bonds is 9. The molecule has 8 nitrogen and oxygen atoms in total. The van der Waals surface area contributed by atoms with Gasteiger partial charge in [0.1, 0.15) is 6.04 Å². The summed E-state index contributed by atoms with van der Waals surface area (Å²) >= 11 is 3.31. The molecule has 0 saturated carbocycles. The largest absolute Gasteiger partial charge is 0.462 e. The Morgan fingerprint density at radius 3 is 2.27 bits per heavy atom. The Labute approximate surface area is 224 Å². The molecule has 1 fully saturated rings. The molecule has 2 amide bonds. The Balaban J connectivity index is 1.65. The molecule has 1 unspecified atom stereocenters. The highest BCUT2D eigenvalue weighted by molar-refractivity contribution is 9.10. The maximum Gasteiger partial charge on any atom is 0.338 e. The molecule has 0 spiro atoms. The quantitative estimate of drug-likeness (QED) is 0.276. The SMILES string of the molecule is CCOC(=O)c1ccc(N2C(=O)CC(N(CCc3ccccc3)S(=O)(=O)c3ccc(Br)cc3)C2=O)cc1. The van der Waals surface area contributed by atoms with Crippen molar-refractivity contribution in [1.82, 2.24) is 4.31 Å². The van der Waals surface area contributed by atoms with Crippen LogP contribution in [0.5, 0.6) is 0 Å². The van der Waals surface area contributed by atoms with E-state index in [2.05, 4.69) is 15.9 Å². The third kappa shape index (κ3) is 5.82. The van der Waals surface area contributed by atoms with E-state index in [0.29, 0.717) is 10.9 Å². The first-order valence-electron chi connectivity index (χ1n) is 11.7. The van der Waals surface area contributed by atoms with Gasteiger partial charge in [-0.15, -0.1) is 0 Å². The van der Waals surface area contributed by atoms with Crippen LogP contribution >= 0.6 is 15.9 Å². The van der Waals surface area contributed by atoms with Crippen LogP contribution in [0.4, 0.5) is 5.69 Å². The number of carbonyl (C=O) groups excluding carboxylic acids is 3. The summed E-state index contributed by atoms with van der Waals surface area (Å²) in [6.45, 7) is 1.93. The van der Waals surface area contributed by atoms with E-state index in [1.54, 1.807) is 19.1 Å². The number of imide groups is 1. The van der Waals surface area contributed by atoms with Crippen LogP contribution in [0.2, 0.25) is 0 Å². The lowest BCUT2D eigenvalue weighted by Gasteiger charge is -2.27. The monoisotopic (exact) mass is 584 g/mol. The average Bonchev–Trinajstić information content (AvgIpc) is 3.18. The fourth-order valence-electron chi connectivity index (χ4n) is 4.14. The van der Waals surface area contributed by atoms with E-state index < -0.39 is 33.8 Å². The second-order valence-corrected chi connectivity index (χ2v) is 11.2. The molecule has 1 aliphatic rings. The zero-order valence-electron chi connectivity index (χ0n) is 20.0. The van der Waals surface area contributed by atoms with Crippen LogP contribution in [0, 0.1) is 0 Å². The molecule has 10 heteroatoms. The van der Waals surface area contributed by atoms with Crippen molar-refractivity contribution in [3.63, 3.8) is 0 Å². The van der Waals surface area contributed by atoms with Gasteiger partial charge >= 0.3 is 5.97 Å². The number of anilines is 1. The first kappa shape index (κ1) is 26.7. The van der Waals surface area contributed by atoms with E-state index >= 15 is 0 Å². The number of halogens is 1. The molecule has 1 saturated heterocycles. The van der Waals surface area contributed by atoms with Crippen LogP contribution in [0.1, 0.15) is 29.3 Å². The van der Waals surface area contributed by atoms with Crippen LogP contribution in [0.3, 0.4) is 0 Å². The molecule has 3 aromatic carbocycles. The van der Waals surface area contributed by atoms with Crippen molar-refractivity contribution in [3.8, 4) is 0 Å². The minimum atomic E-state index is -4.11.